The van der Waals surface area contributed by atoms with Crippen molar-refractivity contribution in [3.8, 4) is 0 Å². The third-order valence-corrected chi connectivity index (χ3v) is 10.6. The minimum absolute atomic E-state index is 0.00308. The number of nitrogens with zero attached hydrogens (tertiary/aromatic N) is 2. The lowest BCUT2D eigenvalue weighted by molar-refractivity contribution is -0.436. The van der Waals surface area contributed by atoms with Gasteiger partial charge in [-0.15, -0.1) is 0 Å². The first kappa shape index (κ1) is 33.7. The lowest BCUT2D eigenvalue weighted by Crippen LogP contribution is -2.32. The fraction of sp³-hybridized carbons (Fsp3) is 0.222. The minimum atomic E-state index is -0.833. The molecule has 0 saturated heterocycles. The molecule has 2 heterocycles. The first-order valence-electron chi connectivity index (χ1n) is 17.6. The number of hydrogen-bond donors (Lipinski definition) is 2. The van der Waals surface area contributed by atoms with Gasteiger partial charge in [0.1, 0.15) is 6.42 Å². The second kappa shape index (κ2) is 13.5. The molecule has 7 rings (SSSR count). The minimum Gasteiger partial charge on any atom is -0.481 e. The monoisotopic (exact) mass is 675 g/mol. The second-order valence-corrected chi connectivity index (χ2v) is 14.2. The van der Waals surface area contributed by atoms with E-state index in [2.05, 4.69) is 133 Å². The average Bonchev–Trinajstić information content (AvgIpc) is 3.49. The van der Waals surface area contributed by atoms with Crippen molar-refractivity contribution in [1.29, 1.82) is 0 Å². The maximum Gasteiger partial charge on any atom is 0.309 e. The van der Waals surface area contributed by atoms with E-state index in [0.717, 1.165) is 40.0 Å². The van der Waals surface area contributed by atoms with Crippen LogP contribution in [0.15, 0.2) is 139 Å². The summed E-state index contributed by atoms with van der Waals surface area (Å²) in [7, 11) is 0. The summed E-state index contributed by atoms with van der Waals surface area (Å²) in [5.41, 5.74) is 7.06. The van der Waals surface area contributed by atoms with E-state index in [4.69, 9.17) is 0 Å². The molecule has 5 aromatic carbocycles. The number of carboxylic acid groups (broad SMARTS) is 2. The van der Waals surface area contributed by atoms with E-state index in [1.54, 1.807) is 0 Å². The quantitative estimate of drug-likeness (QED) is 0.0829. The van der Waals surface area contributed by atoms with Gasteiger partial charge in [0.25, 0.3) is 0 Å². The van der Waals surface area contributed by atoms with Crippen LogP contribution in [-0.2, 0) is 26.8 Å². The lowest BCUT2D eigenvalue weighted by atomic mass is 9.74. The van der Waals surface area contributed by atoms with Crippen LogP contribution < -0.4 is 4.90 Å². The van der Waals surface area contributed by atoms with E-state index >= 15 is 0 Å². The van der Waals surface area contributed by atoms with Gasteiger partial charge in [-0.25, -0.2) is 0 Å². The smallest absolute Gasteiger partial charge is 0.309 e. The number of allylic oxidation sites excluding steroid dienone is 6. The van der Waals surface area contributed by atoms with Gasteiger partial charge in [0, 0.05) is 40.7 Å². The highest BCUT2D eigenvalue weighted by Gasteiger charge is 2.46. The molecule has 2 aliphatic heterocycles. The Bertz CT molecular complexity index is 2300. The standard InChI is InChI=1S/C45H42N2O4/c1-44(2)36-22-14-15-23-37(36)46(28-26-40(48)49)38(44)24-8-5-9-25-39-45(3,30-31-16-6-4-7-17-31)42-34-20-12-10-18-32(34)33-19-11-13-21-35(33)43(42)47(39)29-27-41(50)51/h4-25H,26-30H2,1-3H3,(H-,48,49,50,51)/p+1. The third kappa shape index (κ3) is 6.05. The van der Waals surface area contributed by atoms with Gasteiger partial charge in [-0.05, 0) is 60.6 Å². The van der Waals surface area contributed by atoms with E-state index < -0.39 is 17.4 Å². The van der Waals surface area contributed by atoms with Crippen LogP contribution in [0.3, 0.4) is 0 Å². The summed E-state index contributed by atoms with van der Waals surface area (Å²) >= 11 is 0. The van der Waals surface area contributed by atoms with Gasteiger partial charge in [-0.2, -0.15) is 4.58 Å². The van der Waals surface area contributed by atoms with Crippen molar-refractivity contribution in [2.24, 2.45) is 0 Å². The van der Waals surface area contributed by atoms with Crippen molar-refractivity contribution >= 4 is 50.6 Å². The number of hydrogen-bond acceptors (Lipinski definition) is 3. The van der Waals surface area contributed by atoms with Crippen LogP contribution in [0.25, 0.3) is 21.5 Å². The van der Waals surface area contributed by atoms with Crippen molar-refractivity contribution < 1.29 is 24.4 Å². The van der Waals surface area contributed by atoms with E-state index in [0.29, 0.717) is 13.1 Å². The molecular formula is C45H43N2O4+. The molecule has 0 spiro atoms. The van der Waals surface area contributed by atoms with Crippen molar-refractivity contribution in [3.63, 3.8) is 0 Å². The number of aliphatic carboxylic acids is 2. The van der Waals surface area contributed by atoms with E-state index in [1.165, 1.54) is 27.5 Å². The maximum atomic E-state index is 12.1. The van der Waals surface area contributed by atoms with Gasteiger partial charge in [0.05, 0.1) is 17.5 Å². The Morgan fingerprint density at radius 3 is 2.02 bits per heavy atom. The highest BCUT2D eigenvalue weighted by atomic mass is 16.4. The summed E-state index contributed by atoms with van der Waals surface area (Å²) in [6.45, 7) is 7.38. The number of para-hydroxylation sites is 1. The molecule has 51 heavy (non-hydrogen) atoms. The molecule has 1 unspecified atom stereocenters. The summed E-state index contributed by atoms with van der Waals surface area (Å²) in [6.07, 6.45) is 11.1. The van der Waals surface area contributed by atoms with Crippen molar-refractivity contribution in [1.82, 2.24) is 0 Å². The van der Waals surface area contributed by atoms with Crippen LogP contribution in [-0.4, -0.2) is 45.5 Å². The summed E-state index contributed by atoms with van der Waals surface area (Å²) in [6, 6.07) is 35.7. The van der Waals surface area contributed by atoms with Gasteiger partial charge >= 0.3 is 11.9 Å². The molecule has 5 aromatic rings. The highest BCUT2D eigenvalue weighted by Crippen LogP contribution is 2.55. The molecule has 1 atom stereocenters. The largest absolute Gasteiger partial charge is 0.481 e. The zero-order valence-electron chi connectivity index (χ0n) is 29.3. The number of carboxylic acids is 2. The molecule has 0 fully saturated rings. The Labute approximate surface area is 299 Å². The molecule has 0 bridgehead atoms. The van der Waals surface area contributed by atoms with Crippen molar-refractivity contribution in [2.45, 2.75) is 50.9 Å². The average molecular weight is 676 g/mol. The number of fused-ring (bicyclic) bond motifs is 7. The first-order chi connectivity index (χ1) is 24.6. The van der Waals surface area contributed by atoms with Crippen molar-refractivity contribution in [2.75, 3.05) is 18.0 Å². The molecule has 0 amide bonds. The third-order valence-electron chi connectivity index (χ3n) is 10.6. The molecular weight excluding hydrogens is 633 g/mol. The molecule has 0 radical (unpaired) electrons. The lowest BCUT2D eigenvalue weighted by Gasteiger charge is -2.31. The number of rotatable bonds is 11. The van der Waals surface area contributed by atoms with Gasteiger partial charge in [-0.3, -0.25) is 9.59 Å². The Hall–Kier alpha value is -5.75. The summed E-state index contributed by atoms with van der Waals surface area (Å²) < 4.78 is 2.13. The summed E-state index contributed by atoms with van der Waals surface area (Å²) in [5, 5.41) is 24.0. The van der Waals surface area contributed by atoms with Crippen LogP contribution in [0.2, 0.25) is 0 Å². The first-order valence-corrected chi connectivity index (χ1v) is 17.6. The zero-order chi connectivity index (χ0) is 35.8. The van der Waals surface area contributed by atoms with Crippen LogP contribution in [0.4, 0.5) is 11.4 Å². The Morgan fingerprint density at radius 1 is 0.706 bits per heavy atom. The Balaban J connectivity index is 1.36. The van der Waals surface area contributed by atoms with Crippen LogP contribution in [0.5, 0.6) is 0 Å². The molecule has 0 saturated carbocycles. The zero-order valence-corrected chi connectivity index (χ0v) is 29.3. The van der Waals surface area contributed by atoms with Gasteiger partial charge < -0.3 is 15.1 Å². The van der Waals surface area contributed by atoms with Gasteiger partial charge in [0.15, 0.2) is 12.3 Å². The normalized spacial score (nSPS) is 18.8. The molecule has 6 nitrogen and oxygen atoms in total. The maximum absolute atomic E-state index is 12.1. The SMILES string of the molecule is CC1(C)C(/C=C/C=C/C=C2\N(CCC(=O)O)c3c(c4ccccc4c4ccccc34)C2(C)Cc2ccccc2)=[N+](CCC(=O)O)c2ccccc21. The topological polar surface area (TPSA) is 80.9 Å². The molecule has 6 heteroatoms. The van der Waals surface area contributed by atoms with Crippen molar-refractivity contribution in [3.05, 3.63) is 156 Å². The number of anilines is 1. The van der Waals surface area contributed by atoms with Crippen LogP contribution in [0, 0.1) is 0 Å². The van der Waals surface area contributed by atoms with Crippen LogP contribution in [0.1, 0.15) is 50.3 Å². The number of benzene rings is 5. The predicted molar refractivity (Wildman–Crippen MR) is 206 cm³/mol. The number of carbonyl (C=O) groups is 2. The van der Waals surface area contributed by atoms with Crippen LogP contribution >= 0.6 is 0 Å². The Kier molecular flexibility index (Phi) is 8.94. The molecule has 0 aromatic heterocycles. The van der Waals surface area contributed by atoms with Gasteiger partial charge in [-0.1, -0.05) is 115 Å². The van der Waals surface area contributed by atoms with E-state index in [-0.39, 0.29) is 18.3 Å². The molecule has 0 aliphatic carbocycles. The molecule has 2 N–H and O–H groups in total. The molecule has 2 aliphatic rings. The van der Waals surface area contributed by atoms with Gasteiger partial charge in [0.2, 0.25) is 5.69 Å². The van der Waals surface area contributed by atoms with E-state index in [9.17, 15) is 19.8 Å². The molecule has 256 valence electrons. The Morgan fingerprint density at radius 2 is 1.31 bits per heavy atom. The highest BCUT2D eigenvalue weighted by molar-refractivity contribution is 6.17. The summed E-state index contributed by atoms with van der Waals surface area (Å²) in [4.78, 5) is 25.9. The van der Waals surface area contributed by atoms with E-state index in [1.807, 2.05) is 30.4 Å². The fourth-order valence-corrected chi connectivity index (χ4v) is 8.35. The fourth-order valence-electron chi connectivity index (χ4n) is 8.35. The predicted octanol–water partition coefficient (Wildman–Crippen LogP) is 9.34. The summed E-state index contributed by atoms with van der Waals surface area (Å²) in [5.74, 6) is -1.66. The second-order valence-electron chi connectivity index (χ2n) is 14.2.